The molecule has 0 amide bonds. The molecule has 0 bridgehead atoms. The second-order valence-corrected chi connectivity index (χ2v) is 9.34. The number of nitrogen functional groups attached to an aromatic ring is 1. The average molecular weight is 506 g/mol. The summed E-state index contributed by atoms with van der Waals surface area (Å²) >= 11 is 7.28. The summed E-state index contributed by atoms with van der Waals surface area (Å²) in [6.45, 7) is 2.77. The Labute approximate surface area is 209 Å². The molecule has 3 N–H and O–H groups in total. The zero-order chi connectivity index (χ0) is 24.5. The molecule has 10 heteroatoms. The minimum absolute atomic E-state index is 0.130. The summed E-state index contributed by atoms with van der Waals surface area (Å²) in [4.78, 5) is 15.6. The van der Waals surface area contributed by atoms with Gasteiger partial charge in [-0.15, -0.1) is 16.4 Å². The fourth-order valence-corrected chi connectivity index (χ4v) is 4.94. The molecular weight excluding hydrogens is 486 g/mol. The lowest BCUT2D eigenvalue weighted by molar-refractivity contribution is 0.0699. The van der Waals surface area contributed by atoms with Gasteiger partial charge >= 0.3 is 5.97 Å². The van der Waals surface area contributed by atoms with Crippen molar-refractivity contribution in [3.05, 3.63) is 87.5 Å². The molecule has 3 aromatic heterocycles. The third-order valence-electron chi connectivity index (χ3n) is 5.59. The molecule has 0 fully saturated rings. The fraction of sp³-hybridized carbons (Fsp3) is 0.120. The lowest BCUT2D eigenvalue weighted by Crippen LogP contribution is -2.02. The number of nitrogens with zero attached hydrogens (tertiary/aromatic N) is 4. The third kappa shape index (κ3) is 4.68. The van der Waals surface area contributed by atoms with Crippen molar-refractivity contribution >= 4 is 44.8 Å². The predicted molar refractivity (Wildman–Crippen MR) is 136 cm³/mol. The molecule has 2 aromatic carbocycles. The molecule has 0 radical (unpaired) electrons. The molecular formula is C25H20ClN5O3S. The number of aromatic nitrogens is 4. The SMILES string of the molecule is Cc1ccc(-c2cn(Cc3ccc(Cl)cc3)nn2)cc1OCc1csc2c(C(=O)O)cnc(N)c12. The van der Waals surface area contributed by atoms with E-state index in [2.05, 4.69) is 15.3 Å². The lowest BCUT2D eigenvalue weighted by Gasteiger charge is -2.11. The smallest absolute Gasteiger partial charge is 0.338 e. The molecule has 0 atom stereocenters. The highest BCUT2D eigenvalue weighted by atomic mass is 35.5. The Bertz CT molecular complexity index is 1550. The normalized spacial score (nSPS) is 11.1. The number of carboxylic acid groups (broad SMARTS) is 1. The number of hydrogen-bond acceptors (Lipinski definition) is 7. The van der Waals surface area contributed by atoms with E-state index < -0.39 is 5.97 Å². The zero-order valence-electron chi connectivity index (χ0n) is 18.6. The van der Waals surface area contributed by atoms with Crippen molar-refractivity contribution in [1.82, 2.24) is 20.0 Å². The van der Waals surface area contributed by atoms with E-state index in [9.17, 15) is 9.90 Å². The van der Waals surface area contributed by atoms with Gasteiger partial charge < -0.3 is 15.6 Å². The Balaban J connectivity index is 1.36. The number of halogens is 1. The Morgan fingerprint density at radius 1 is 1.23 bits per heavy atom. The van der Waals surface area contributed by atoms with Crippen LogP contribution in [0.2, 0.25) is 5.02 Å². The van der Waals surface area contributed by atoms with Crippen molar-refractivity contribution in [2.75, 3.05) is 5.73 Å². The van der Waals surface area contributed by atoms with Crippen LogP contribution in [0.4, 0.5) is 5.82 Å². The Morgan fingerprint density at radius 3 is 2.80 bits per heavy atom. The molecule has 5 aromatic rings. The molecule has 0 aliphatic rings. The van der Waals surface area contributed by atoms with Gasteiger partial charge in [-0.2, -0.15) is 0 Å². The lowest BCUT2D eigenvalue weighted by atomic mass is 10.1. The third-order valence-corrected chi connectivity index (χ3v) is 6.91. The van der Waals surface area contributed by atoms with Crippen molar-refractivity contribution < 1.29 is 14.6 Å². The Morgan fingerprint density at radius 2 is 2.03 bits per heavy atom. The van der Waals surface area contributed by atoms with Gasteiger partial charge in [-0.3, -0.25) is 0 Å². The second kappa shape index (κ2) is 9.36. The van der Waals surface area contributed by atoms with Crippen molar-refractivity contribution in [2.24, 2.45) is 0 Å². The first-order chi connectivity index (χ1) is 16.9. The summed E-state index contributed by atoms with van der Waals surface area (Å²) in [6.07, 6.45) is 3.17. The number of carboxylic acids is 1. The number of rotatable bonds is 7. The van der Waals surface area contributed by atoms with E-state index in [-0.39, 0.29) is 18.0 Å². The molecule has 8 nitrogen and oxygen atoms in total. The van der Waals surface area contributed by atoms with E-state index in [0.29, 0.717) is 27.4 Å². The standard InChI is InChI=1S/C25H20ClN5O3S/c1-14-2-5-16(20-11-31(30-29-20)10-15-3-6-18(26)7-4-15)8-21(14)34-12-17-13-35-23-19(25(32)33)9-28-24(27)22(17)23/h2-9,11,13H,10,12H2,1H3,(H2,27,28)(H,32,33). The van der Waals surface area contributed by atoms with E-state index in [0.717, 1.165) is 27.9 Å². The van der Waals surface area contributed by atoms with Crippen molar-refractivity contribution in [3.63, 3.8) is 0 Å². The van der Waals surface area contributed by atoms with E-state index in [4.69, 9.17) is 22.1 Å². The van der Waals surface area contributed by atoms with E-state index in [1.165, 1.54) is 17.5 Å². The highest BCUT2D eigenvalue weighted by molar-refractivity contribution is 7.17. The number of benzene rings is 2. The molecule has 0 saturated heterocycles. The molecule has 5 rings (SSSR count). The first kappa shape index (κ1) is 22.8. The van der Waals surface area contributed by atoms with Gasteiger partial charge in [0.2, 0.25) is 0 Å². The topological polar surface area (TPSA) is 116 Å². The van der Waals surface area contributed by atoms with Crippen molar-refractivity contribution in [2.45, 2.75) is 20.1 Å². The van der Waals surface area contributed by atoms with Crippen LogP contribution in [0.25, 0.3) is 21.3 Å². The van der Waals surface area contributed by atoms with Crippen LogP contribution in [0, 0.1) is 6.92 Å². The number of pyridine rings is 1. The summed E-state index contributed by atoms with van der Waals surface area (Å²) in [7, 11) is 0. The number of hydrogen-bond donors (Lipinski definition) is 2. The maximum absolute atomic E-state index is 11.5. The monoisotopic (exact) mass is 505 g/mol. The molecule has 35 heavy (non-hydrogen) atoms. The van der Waals surface area contributed by atoms with Gasteiger partial charge in [0.15, 0.2) is 0 Å². The minimum atomic E-state index is -1.04. The molecule has 0 aliphatic heterocycles. The van der Waals surface area contributed by atoms with Crippen LogP contribution in [-0.4, -0.2) is 31.1 Å². The number of anilines is 1. The van der Waals surface area contributed by atoms with Gasteiger partial charge in [0.25, 0.3) is 0 Å². The Hall–Kier alpha value is -3.95. The van der Waals surface area contributed by atoms with Crippen LogP contribution in [0.3, 0.4) is 0 Å². The number of carbonyl (C=O) groups is 1. The fourth-order valence-electron chi connectivity index (χ4n) is 3.74. The minimum Gasteiger partial charge on any atom is -0.489 e. The van der Waals surface area contributed by atoms with Crippen LogP contribution >= 0.6 is 22.9 Å². The van der Waals surface area contributed by atoms with Gasteiger partial charge in [-0.05, 0) is 41.6 Å². The Kier molecular flexibility index (Phi) is 6.10. The van der Waals surface area contributed by atoms with Gasteiger partial charge in [0.1, 0.15) is 23.9 Å². The number of nitrogens with two attached hydrogens (primary N) is 1. The number of ether oxygens (including phenoxy) is 1. The zero-order valence-corrected chi connectivity index (χ0v) is 20.2. The van der Waals surface area contributed by atoms with Gasteiger partial charge in [-0.1, -0.05) is 41.1 Å². The number of aromatic carboxylic acids is 1. The van der Waals surface area contributed by atoms with E-state index in [1.807, 2.05) is 61.0 Å². The maximum atomic E-state index is 11.5. The maximum Gasteiger partial charge on any atom is 0.338 e. The van der Waals surface area contributed by atoms with E-state index in [1.54, 1.807) is 4.68 Å². The summed E-state index contributed by atoms with van der Waals surface area (Å²) in [5.74, 6) is -0.0629. The summed E-state index contributed by atoms with van der Waals surface area (Å²) in [5.41, 5.74) is 10.6. The molecule has 3 heterocycles. The number of aryl methyl sites for hydroxylation is 1. The summed E-state index contributed by atoms with van der Waals surface area (Å²) in [6, 6.07) is 13.5. The summed E-state index contributed by atoms with van der Waals surface area (Å²) in [5, 5.41) is 21.2. The van der Waals surface area contributed by atoms with Crippen LogP contribution < -0.4 is 10.5 Å². The van der Waals surface area contributed by atoms with Crippen molar-refractivity contribution in [3.8, 4) is 17.0 Å². The molecule has 0 aliphatic carbocycles. The van der Waals surface area contributed by atoms with Crippen LogP contribution in [0.5, 0.6) is 5.75 Å². The molecule has 0 spiro atoms. The highest BCUT2D eigenvalue weighted by Crippen LogP contribution is 2.34. The van der Waals surface area contributed by atoms with Gasteiger partial charge in [0, 0.05) is 27.7 Å². The van der Waals surface area contributed by atoms with Crippen molar-refractivity contribution in [1.29, 1.82) is 0 Å². The first-order valence-electron chi connectivity index (χ1n) is 10.7. The van der Waals surface area contributed by atoms with Gasteiger partial charge in [0.05, 0.1) is 23.0 Å². The highest BCUT2D eigenvalue weighted by Gasteiger charge is 2.17. The quantitative estimate of drug-likeness (QED) is 0.303. The molecule has 0 unspecified atom stereocenters. The molecule has 0 saturated carbocycles. The number of thiophene rings is 1. The van der Waals surface area contributed by atoms with Crippen LogP contribution in [0.1, 0.15) is 27.0 Å². The largest absolute Gasteiger partial charge is 0.489 e. The van der Waals surface area contributed by atoms with Gasteiger partial charge in [-0.25, -0.2) is 14.5 Å². The summed E-state index contributed by atoms with van der Waals surface area (Å²) < 4.78 is 8.49. The van der Waals surface area contributed by atoms with Crippen LogP contribution in [-0.2, 0) is 13.2 Å². The second-order valence-electron chi connectivity index (χ2n) is 8.02. The van der Waals surface area contributed by atoms with Crippen LogP contribution in [0.15, 0.2) is 60.2 Å². The first-order valence-corrected chi connectivity index (χ1v) is 11.9. The molecule has 176 valence electrons. The predicted octanol–water partition coefficient (Wildman–Crippen LogP) is 5.42. The number of fused-ring (bicyclic) bond motifs is 1. The van der Waals surface area contributed by atoms with E-state index >= 15 is 0 Å². The average Bonchev–Trinajstić information content (AvgIpc) is 3.48.